The number of nitrogens with two attached hydrogens (primary N) is 1. The Morgan fingerprint density at radius 3 is 2.51 bits per heavy atom. The van der Waals surface area contributed by atoms with Gasteiger partial charge in [-0.25, -0.2) is 15.0 Å². The molecule has 35 heavy (non-hydrogen) atoms. The van der Waals surface area contributed by atoms with Gasteiger partial charge in [0.2, 0.25) is 0 Å². The number of carbonyl (C=O) groups is 2. The van der Waals surface area contributed by atoms with Crippen LogP contribution in [0, 0.1) is 0 Å². The van der Waals surface area contributed by atoms with Crippen LogP contribution in [0.2, 0.25) is 0 Å². The summed E-state index contributed by atoms with van der Waals surface area (Å²) in [6.07, 6.45) is 2.08. The van der Waals surface area contributed by atoms with E-state index < -0.39 is 29.6 Å². The lowest BCUT2D eigenvalue weighted by Gasteiger charge is -2.16. The van der Waals surface area contributed by atoms with E-state index in [9.17, 15) is 22.8 Å². The number of alkyl halides is 3. The summed E-state index contributed by atoms with van der Waals surface area (Å²) in [7, 11) is 0. The third-order valence-electron chi connectivity index (χ3n) is 5.60. The standard InChI is InChI=1S/C21H18F3N9O2/c1-10(19-28-9-30-33(19)17-8-26-15(7-27-17)18(25)34)31-20(35)13-4-11(21(22,23)24)5-16-14(13)6-29-32(16)12-2-3-12/h4-10,12H,2-3H2,1H3,(H2,25,34)(H,31,35)/t10-/m0/s1. The number of halogens is 3. The molecule has 1 atom stereocenters. The van der Waals surface area contributed by atoms with Gasteiger partial charge in [0, 0.05) is 5.39 Å². The molecular formula is C21H18F3N9O2. The third-order valence-corrected chi connectivity index (χ3v) is 5.60. The van der Waals surface area contributed by atoms with Gasteiger partial charge in [-0.05, 0) is 31.9 Å². The van der Waals surface area contributed by atoms with Crippen LogP contribution in [0.25, 0.3) is 16.7 Å². The van der Waals surface area contributed by atoms with Gasteiger partial charge < -0.3 is 11.1 Å². The van der Waals surface area contributed by atoms with Gasteiger partial charge in [-0.1, -0.05) is 0 Å². The molecule has 180 valence electrons. The highest BCUT2D eigenvalue weighted by Gasteiger charge is 2.34. The van der Waals surface area contributed by atoms with Gasteiger partial charge in [0.1, 0.15) is 12.0 Å². The average molecular weight is 485 g/mol. The quantitative estimate of drug-likeness (QED) is 0.426. The fourth-order valence-electron chi connectivity index (χ4n) is 3.73. The highest BCUT2D eigenvalue weighted by molar-refractivity contribution is 6.06. The molecule has 3 aromatic heterocycles. The first-order valence-electron chi connectivity index (χ1n) is 10.5. The van der Waals surface area contributed by atoms with Gasteiger partial charge in [-0.2, -0.15) is 28.1 Å². The van der Waals surface area contributed by atoms with Crippen molar-refractivity contribution in [1.29, 1.82) is 0 Å². The zero-order valence-corrected chi connectivity index (χ0v) is 18.2. The molecule has 0 radical (unpaired) electrons. The van der Waals surface area contributed by atoms with Crippen LogP contribution in [0.4, 0.5) is 13.2 Å². The van der Waals surface area contributed by atoms with E-state index in [-0.39, 0.29) is 34.5 Å². The molecule has 1 saturated carbocycles. The lowest BCUT2D eigenvalue weighted by molar-refractivity contribution is -0.137. The Morgan fingerprint density at radius 2 is 1.89 bits per heavy atom. The Morgan fingerprint density at radius 1 is 1.11 bits per heavy atom. The highest BCUT2D eigenvalue weighted by atomic mass is 19.4. The Labute approximate surface area is 195 Å². The van der Waals surface area contributed by atoms with Crippen LogP contribution in [0.3, 0.4) is 0 Å². The van der Waals surface area contributed by atoms with E-state index in [1.54, 1.807) is 6.92 Å². The van der Waals surface area contributed by atoms with E-state index in [2.05, 4.69) is 30.5 Å². The van der Waals surface area contributed by atoms with E-state index in [1.165, 1.54) is 34.3 Å². The minimum atomic E-state index is -4.64. The molecule has 11 nitrogen and oxygen atoms in total. The van der Waals surface area contributed by atoms with E-state index >= 15 is 0 Å². The van der Waals surface area contributed by atoms with Crippen molar-refractivity contribution in [2.45, 2.75) is 38.0 Å². The van der Waals surface area contributed by atoms with E-state index in [4.69, 9.17) is 5.73 Å². The normalized spacial score (nSPS) is 14.7. The second-order valence-corrected chi connectivity index (χ2v) is 8.12. The van der Waals surface area contributed by atoms with Crippen molar-refractivity contribution in [1.82, 2.24) is 39.8 Å². The molecule has 0 aliphatic heterocycles. The summed E-state index contributed by atoms with van der Waals surface area (Å²) in [4.78, 5) is 36.5. The van der Waals surface area contributed by atoms with Gasteiger partial charge in [-0.15, -0.1) is 0 Å². The third kappa shape index (κ3) is 4.18. The molecule has 1 fully saturated rings. The number of amides is 2. The molecule has 3 N–H and O–H groups in total. The number of benzene rings is 1. The summed E-state index contributed by atoms with van der Waals surface area (Å²) in [5, 5.41) is 11.3. The second-order valence-electron chi connectivity index (χ2n) is 8.12. The highest BCUT2D eigenvalue weighted by Crippen LogP contribution is 2.39. The van der Waals surface area contributed by atoms with E-state index in [0.717, 1.165) is 25.0 Å². The number of aromatic nitrogens is 7. The molecule has 1 aliphatic carbocycles. The van der Waals surface area contributed by atoms with Gasteiger partial charge in [0.25, 0.3) is 11.8 Å². The molecule has 14 heteroatoms. The largest absolute Gasteiger partial charge is 0.416 e. The van der Waals surface area contributed by atoms with Gasteiger partial charge in [0.05, 0.1) is 47.3 Å². The van der Waals surface area contributed by atoms with Crippen molar-refractivity contribution in [3.63, 3.8) is 0 Å². The Balaban J connectivity index is 1.46. The van der Waals surface area contributed by atoms with Gasteiger partial charge in [-0.3, -0.25) is 14.3 Å². The number of fused-ring (bicyclic) bond motifs is 1. The van der Waals surface area contributed by atoms with Crippen molar-refractivity contribution in [3.8, 4) is 5.82 Å². The van der Waals surface area contributed by atoms with Crippen molar-refractivity contribution in [2.75, 3.05) is 0 Å². The Hall–Kier alpha value is -4.36. The molecule has 1 aliphatic rings. The number of hydrogen-bond acceptors (Lipinski definition) is 7. The smallest absolute Gasteiger partial charge is 0.364 e. The maximum atomic E-state index is 13.6. The fraction of sp³-hybridized carbons (Fsp3) is 0.286. The molecule has 3 heterocycles. The number of primary amides is 1. The zero-order valence-electron chi connectivity index (χ0n) is 18.2. The first-order valence-corrected chi connectivity index (χ1v) is 10.5. The van der Waals surface area contributed by atoms with Crippen molar-refractivity contribution < 1.29 is 22.8 Å². The summed E-state index contributed by atoms with van der Waals surface area (Å²) in [6.45, 7) is 1.60. The van der Waals surface area contributed by atoms with Crippen LogP contribution < -0.4 is 11.1 Å². The average Bonchev–Trinajstić information content (AvgIpc) is 3.37. The summed E-state index contributed by atoms with van der Waals surface area (Å²) in [5.41, 5.74) is 4.30. The predicted molar refractivity (Wildman–Crippen MR) is 114 cm³/mol. The Bertz CT molecular complexity index is 1440. The summed E-state index contributed by atoms with van der Waals surface area (Å²) in [5.74, 6) is -1.03. The second kappa shape index (κ2) is 8.14. The van der Waals surface area contributed by atoms with Crippen LogP contribution in [0.5, 0.6) is 0 Å². The molecule has 5 rings (SSSR count). The first-order chi connectivity index (χ1) is 16.6. The zero-order chi connectivity index (χ0) is 24.9. The van der Waals surface area contributed by atoms with E-state index in [0.29, 0.717) is 5.39 Å². The topological polar surface area (TPSA) is 146 Å². The lowest BCUT2D eigenvalue weighted by atomic mass is 10.0. The summed E-state index contributed by atoms with van der Waals surface area (Å²) >= 11 is 0. The predicted octanol–water partition coefficient (Wildman–Crippen LogP) is 2.35. The first kappa shape index (κ1) is 22.4. The van der Waals surface area contributed by atoms with Crippen LogP contribution in [-0.2, 0) is 6.18 Å². The van der Waals surface area contributed by atoms with Crippen molar-refractivity contribution >= 4 is 22.7 Å². The molecule has 0 bridgehead atoms. The number of rotatable bonds is 6. The van der Waals surface area contributed by atoms with Crippen LogP contribution in [0.1, 0.15) is 64.1 Å². The summed E-state index contributed by atoms with van der Waals surface area (Å²) in [6, 6.07) is 1.10. The van der Waals surface area contributed by atoms with Crippen molar-refractivity contribution in [3.05, 3.63) is 59.7 Å². The lowest BCUT2D eigenvalue weighted by Crippen LogP contribution is -2.29. The molecule has 0 unspecified atom stereocenters. The monoisotopic (exact) mass is 485 g/mol. The maximum Gasteiger partial charge on any atom is 0.416 e. The minimum Gasteiger partial charge on any atom is -0.364 e. The minimum absolute atomic E-state index is 0.0337. The van der Waals surface area contributed by atoms with Crippen molar-refractivity contribution in [2.24, 2.45) is 5.73 Å². The fourth-order valence-corrected chi connectivity index (χ4v) is 3.73. The number of carbonyl (C=O) groups excluding carboxylic acids is 2. The Kier molecular flexibility index (Phi) is 5.22. The summed E-state index contributed by atoms with van der Waals surface area (Å²) < 4.78 is 43.6. The molecule has 0 spiro atoms. The SMILES string of the molecule is C[C@H](NC(=O)c1cc(C(F)(F)F)cc2c1cnn2C1CC1)c1ncnn1-c1cnc(C(N)=O)cn1. The molecular weight excluding hydrogens is 467 g/mol. The molecule has 4 aromatic rings. The number of nitrogens with one attached hydrogen (secondary N) is 1. The maximum absolute atomic E-state index is 13.6. The number of hydrogen-bond donors (Lipinski definition) is 2. The van der Waals surface area contributed by atoms with Crippen LogP contribution in [-0.4, -0.2) is 46.3 Å². The van der Waals surface area contributed by atoms with Crippen LogP contribution >= 0.6 is 0 Å². The van der Waals surface area contributed by atoms with Crippen LogP contribution in [0.15, 0.2) is 37.1 Å². The molecule has 2 amide bonds. The van der Waals surface area contributed by atoms with Gasteiger partial charge >= 0.3 is 6.18 Å². The molecule has 1 aromatic carbocycles. The molecule has 0 saturated heterocycles. The van der Waals surface area contributed by atoms with Gasteiger partial charge in [0.15, 0.2) is 11.6 Å². The number of nitrogens with zero attached hydrogens (tertiary/aromatic N) is 7. The van der Waals surface area contributed by atoms with E-state index in [1.807, 2.05) is 0 Å².